The largest absolute Gasteiger partial charge is 0.452 e. The molecule has 1 aromatic carbocycles. The number of nitrogens with one attached hydrogen (secondary N) is 2. The minimum atomic E-state index is -0.663. The molecule has 0 bridgehead atoms. The molecule has 2 aromatic heterocycles. The van der Waals surface area contributed by atoms with Crippen molar-refractivity contribution in [2.45, 2.75) is 33.6 Å². The summed E-state index contributed by atoms with van der Waals surface area (Å²) in [5.74, 6) is -0.676. The van der Waals surface area contributed by atoms with E-state index in [4.69, 9.17) is 4.74 Å². The zero-order valence-corrected chi connectivity index (χ0v) is 19.7. The predicted molar refractivity (Wildman–Crippen MR) is 128 cm³/mol. The third-order valence-corrected chi connectivity index (χ3v) is 4.89. The average Bonchev–Trinajstić information content (AvgIpc) is 3.28. The fourth-order valence-corrected chi connectivity index (χ4v) is 3.31. The maximum absolute atomic E-state index is 12.8. The third kappa shape index (κ3) is 6.06. The zero-order valence-electron chi connectivity index (χ0n) is 19.7. The predicted octanol–water partition coefficient (Wildman–Crippen LogP) is 3.57. The van der Waals surface area contributed by atoms with E-state index in [-0.39, 0.29) is 17.4 Å². The highest BCUT2D eigenvalue weighted by molar-refractivity contribution is 6.04. The Balaban J connectivity index is 1.67. The minimum Gasteiger partial charge on any atom is -0.452 e. The number of hydrogen-bond acceptors (Lipinski definition) is 6. The molecule has 0 aliphatic heterocycles. The maximum atomic E-state index is 12.8. The number of rotatable bonds is 9. The molecule has 3 rings (SSSR count). The van der Waals surface area contributed by atoms with Crippen molar-refractivity contribution < 1.29 is 19.1 Å². The molecule has 0 spiro atoms. The SMILES string of the molecule is CC(C)CNC(=O)c1ccccc1NC(=O)COC(=O)c1cnn(-c2ccccn2)c1C(C)C. The van der Waals surface area contributed by atoms with Crippen molar-refractivity contribution in [3.63, 3.8) is 0 Å². The molecular formula is C25H29N5O4. The minimum absolute atomic E-state index is 0.0443. The number of nitrogens with zero attached hydrogens (tertiary/aromatic N) is 3. The summed E-state index contributed by atoms with van der Waals surface area (Å²) in [6, 6.07) is 12.1. The first-order valence-corrected chi connectivity index (χ1v) is 11.1. The highest BCUT2D eigenvalue weighted by Crippen LogP contribution is 2.23. The molecule has 9 nitrogen and oxygen atoms in total. The monoisotopic (exact) mass is 463 g/mol. The van der Waals surface area contributed by atoms with Gasteiger partial charge in [-0.05, 0) is 36.1 Å². The molecule has 178 valence electrons. The van der Waals surface area contributed by atoms with Gasteiger partial charge in [0.05, 0.1) is 23.1 Å². The number of esters is 1. The van der Waals surface area contributed by atoms with Crippen molar-refractivity contribution in [1.29, 1.82) is 0 Å². The lowest BCUT2D eigenvalue weighted by atomic mass is 10.1. The van der Waals surface area contributed by atoms with E-state index in [0.29, 0.717) is 35.2 Å². The molecule has 0 radical (unpaired) electrons. The first kappa shape index (κ1) is 24.6. The fourth-order valence-electron chi connectivity index (χ4n) is 3.31. The summed E-state index contributed by atoms with van der Waals surface area (Å²) >= 11 is 0. The van der Waals surface area contributed by atoms with Crippen LogP contribution in [0.5, 0.6) is 0 Å². The second-order valence-corrected chi connectivity index (χ2v) is 8.47. The van der Waals surface area contributed by atoms with Gasteiger partial charge in [-0.15, -0.1) is 0 Å². The van der Waals surface area contributed by atoms with E-state index >= 15 is 0 Å². The number of anilines is 1. The van der Waals surface area contributed by atoms with Crippen LogP contribution in [-0.4, -0.2) is 45.7 Å². The van der Waals surface area contributed by atoms with Crippen LogP contribution in [0.4, 0.5) is 5.69 Å². The Morgan fingerprint density at radius 3 is 2.41 bits per heavy atom. The lowest BCUT2D eigenvalue weighted by molar-refractivity contribution is -0.119. The van der Waals surface area contributed by atoms with Crippen LogP contribution in [0, 0.1) is 5.92 Å². The van der Waals surface area contributed by atoms with E-state index in [2.05, 4.69) is 20.7 Å². The summed E-state index contributed by atoms with van der Waals surface area (Å²) in [6.45, 7) is 7.86. The molecule has 2 N–H and O–H groups in total. The van der Waals surface area contributed by atoms with Crippen LogP contribution in [0.25, 0.3) is 5.82 Å². The van der Waals surface area contributed by atoms with Gasteiger partial charge in [0.1, 0.15) is 5.56 Å². The van der Waals surface area contributed by atoms with Gasteiger partial charge in [0.25, 0.3) is 11.8 Å². The number of para-hydroxylation sites is 1. The highest BCUT2D eigenvalue weighted by Gasteiger charge is 2.23. The second kappa shape index (κ2) is 11.2. The smallest absolute Gasteiger partial charge is 0.342 e. The van der Waals surface area contributed by atoms with Gasteiger partial charge in [0.2, 0.25) is 0 Å². The number of amides is 2. The summed E-state index contributed by atoms with van der Waals surface area (Å²) in [4.78, 5) is 42.0. The first-order chi connectivity index (χ1) is 16.3. The van der Waals surface area contributed by atoms with E-state index in [9.17, 15) is 14.4 Å². The zero-order chi connectivity index (χ0) is 24.7. The number of carbonyl (C=O) groups is 3. The first-order valence-electron chi connectivity index (χ1n) is 11.1. The van der Waals surface area contributed by atoms with E-state index in [0.717, 1.165) is 0 Å². The number of aromatic nitrogens is 3. The van der Waals surface area contributed by atoms with E-state index in [1.807, 2.05) is 33.8 Å². The second-order valence-electron chi connectivity index (χ2n) is 8.47. The molecule has 0 fully saturated rings. The molecule has 0 saturated heterocycles. The molecule has 0 unspecified atom stereocenters. The maximum Gasteiger partial charge on any atom is 0.342 e. The summed E-state index contributed by atoms with van der Waals surface area (Å²) in [5.41, 5.74) is 1.58. The Morgan fingerprint density at radius 2 is 1.74 bits per heavy atom. The lowest BCUT2D eigenvalue weighted by Crippen LogP contribution is -2.29. The average molecular weight is 464 g/mol. The molecular weight excluding hydrogens is 434 g/mol. The van der Waals surface area contributed by atoms with Crippen LogP contribution in [0.2, 0.25) is 0 Å². The molecule has 34 heavy (non-hydrogen) atoms. The summed E-state index contributed by atoms with van der Waals surface area (Å²) in [7, 11) is 0. The summed E-state index contributed by atoms with van der Waals surface area (Å²) < 4.78 is 6.85. The van der Waals surface area contributed by atoms with E-state index in [1.165, 1.54) is 6.20 Å². The van der Waals surface area contributed by atoms with Gasteiger partial charge >= 0.3 is 5.97 Å². The van der Waals surface area contributed by atoms with Gasteiger partial charge in [-0.3, -0.25) is 9.59 Å². The van der Waals surface area contributed by atoms with Gasteiger partial charge in [-0.1, -0.05) is 45.9 Å². The van der Waals surface area contributed by atoms with Gasteiger partial charge in [0, 0.05) is 12.7 Å². The van der Waals surface area contributed by atoms with Crippen molar-refractivity contribution in [1.82, 2.24) is 20.1 Å². The Morgan fingerprint density at radius 1 is 1.00 bits per heavy atom. The molecule has 2 amide bonds. The molecule has 9 heteroatoms. The van der Waals surface area contributed by atoms with Crippen molar-refractivity contribution in [3.8, 4) is 5.82 Å². The number of carbonyl (C=O) groups excluding carboxylic acids is 3. The molecule has 0 aliphatic carbocycles. The lowest BCUT2D eigenvalue weighted by Gasteiger charge is -2.13. The van der Waals surface area contributed by atoms with E-state index < -0.39 is 18.5 Å². The molecule has 0 aliphatic rings. The number of ether oxygens (including phenoxy) is 1. The third-order valence-electron chi connectivity index (χ3n) is 4.89. The Bertz CT molecular complexity index is 1160. The number of hydrogen-bond donors (Lipinski definition) is 2. The Labute approximate surface area is 198 Å². The molecule has 0 saturated carbocycles. The van der Waals surface area contributed by atoms with Crippen LogP contribution in [0.15, 0.2) is 54.9 Å². The van der Waals surface area contributed by atoms with E-state index in [1.54, 1.807) is 47.3 Å². The van der Waals surface area contributed by atoms with Crippen LogP contribution in [-0.2, 0) is 9.53 Å². The van der Waals surface area contributed by atoms with Gasteiger partial charge in [0.15, 0.2) is 12.4 Å². The quantitative estimate of drug-likeness (QED) is 0.469. The normalized spacial score (nSPS) is 10.9. The molecule has 2 heterocycles. The standard InChI is InChI=1S/C25H29N5O4/c1-16(2)13-27-24(32)18-9-5-6-10-20(18)29-22(31)15-34-25(33)19-14-28-30(23(19)17(3)4)21-11-7-8-12-26-21/h5-12,14,16-17H,13,15H2,1-4H3,(H,27,32)(H,29,31). The van der Waals surface area contributed by atoms with Crippen molar-refractivity contribution >= 4 is 23.5 Å². The van der Waals surface area contributed by atoms with Crippen molar-refractivity contribution in [3.05, 3.63) is 71.7 Å². The van der Waals surface area contributed by atoms with Crippen molar-refractivity contribution in [2.24, 2.45) is 5.92 Å². The summed E-state index contributed by atoms with van der Waals surface area (Å²) in [6.07, 6.45) is 3.06. The van der Waals surface area contributed by atoms with Crippen LogP contribution in [0.1, 0.15) is 60.0 Å². The van der Waals surface area contributed by atoms with Gasteiger partial charge < -0.3 is 15.4 Å². The summed E-state index contributed by atoms with van der Waals surface area (Å²) in [5, 5.41) is 9.77. The van der Waals surface area contributed by atoms with Crippen LogP contribution < -0.4 is 10.6 Å². The number of pyridine rings is 1. The van der Waals surface area contributed by atoms with Gasteiger partial charge in [-0.2, -0.15) is 5.10 Å². The molecule has 3 aromatic rings. The topological polar surface area (TPSA) is 115 Å². The highest BCUT2D eigenvalue weighted by atomic mass is 16.5. The van der Waals surface area contributed by atoms with Crippen LogP contribution >= 0.6 is 0 Å². The van der Waals surface area contributed by atoms with Gasteiger partial charge in [-0.25, -0.2) is 14.5 Å². The Kier molecular flexibility index (Phi) is 8.13. The van der Waals surface area contributed by atoms with Crippen LogP contribution in [0.3, 0.4) is 0 Å². The molecule has 0 atom stereocenters. The Hall–Kier alpha value is -4.01. The number of benzene rings is 1. The fraction of sp³-hybridized carbons (Fsp3) is 0.320. The van der Waals surface area contributed by atoms with Crippen molar-refractivity contribution in [2.75, 3.05) is 18.5 Å².